The van der Waals surface area contributed by atoms with Crippen molar-refractivity contribution in [3.8, 4) is 0 Å². The standard InChI is InChI=1S/C12H13NO4/c14-10-3-4-11(15)13(10)17-12(16)9-6-7-1-2-8(9)5-7/h1-2,7-9H,3-6H2/t7-,8-,9+/m0/s1. The number of nitrogens with zero attached hydrogens (tertiary/aromatic N) is 1. The van der Waals surface area contributed by atoms with Gasteiger partial charge in [0.15, 0.2) is 0 Å². The summed E-state index contributed by atoms with van der Waals surface area (Å²) in [4.78, 5) is 39.4. The van der Waals surface area contributed by atoms with Crippen LogP contribution in [0.25, 0.3) is 0 Å². The van der Waals surface area contributed by atoms with Gasteiger partial charge >= 0.3 is 5.97 Å². The first-order valence-corrected chi connectivity index (χ1v) is 5.91. The van der Waals surface area contributed by atoms with E-state index in [1.807, 2.05) is 6.08 Å². The highest BCUT2D eigenvalue weighted by atomic mass is 16.7. The molecule has 1 heterocycles. The van der Waals surface area contributed by atoms with Gasteiger partial charge < -0.3 is 4.84 Å². The smallest absolute Gasteiger partial charge is 0.330 e. The molecular weight excluding hydrogens is 222 g/mol. The van der Waals surface area contributed by atoms with Crippen LogP contribution in [0.15, 0.2) is 12.2 Å². The van der Waals surface area contributed by atoms with Gasteiger partial charge in [0.1, 0.15) is 0 Å². The van der Waals surface area contributed by atoms with E-state index in [-0.39, 0.29) is 24.7 Å². The molecule has 1 saturated carbocycles. The average molecular weight is 235 g/mol. The quantitative estimate of drug-likeness (QED) is 0.524. The lowest BCUT2D eigenvalue weighted by Gasteiger charge is -2.19. The molecule has 0 aromatic rings. The first-order valence-electron chi connectivity index (χ1n) is 5.91. The van der Waals surface area contributed by atoms with Gasteiger partial charge in [0, 0.05) is 12.8 Å². The topological polar surface area (TPSA) is 63.7 Å². The molecule has 2 bridgehead atoms. The molecule has 0 aromatic carbocycles. The van der Waals surface area contributed by atoms with Crippen molar-refractivity contribution in [1.29, 1.82) is 0 Å². The van der Waals surface area contributed by atoms with Crippen molar-refractivity contribution in [2.24, 2.45) is 17.8 Å². The van der Waals surface area contributed by atoms with Crippen LogP contribution in [0.4, 0.5) is 0 Å². The summed E-state index contributed by atoms with van der Waals surface area (Å²) in [6, 6.07) is 0. The van der Waals surface area contributed by atoms with Crippen LogP contribution >= 0.6 is 0 Å². The number of carbonyl (C=O) groups excluding carboxylic acids is 3. The number of allylic oxidation sites excluding steroid dienone is 2. The summed E-state index contributed by atoms with van der Waals surface area (Å²) < 4.78 is 0. The number of hydroxylamine groups is 2. The Bertz CT molecular complexity index is 412. The van der Waals surface area contributed by atoms with Gasteiger partial charge in [0.2, 0.25) is 0 Å². The van der Waals surface area contributed by atoms with E-state index in [4.69, 9.17) is 4.84 Å². The number of fused-ring (bicyclic) bond motifs is 2. The van der Waals surface area contributed by atoms with Gasteiger partial charge in [-0.15, -0.1) is 5.06 Å². The fourth-order valence-electron chi connectivity index (χ4n) is 2.87. The Balaban J connectivity index is 1.66. The maximum absolute atomic E-state index is 11.9. The predicted octanol–water partition coefficient (Wildman–Crippen LogP) is 0.806. The van der Waals surface area contributed by atoms with Gasteiger partial charge in [-0.25, -0.2) is 4.79 Å². The first-order chi connectivity index (χ1) is 8.15. The van der Waals surface area contributed by atoms with Gasteiger partial charge in [-0.3, -0.25) is 9.59 Å². The molecule has 90 valence electrons. The number of imide groups is 1. The zero-order valence-electron chi connectivity index (χ0n) is 9.30. The molecular formula is C12H13NO4. The molecule has 2 aliphatic carbocycles. The summed E-state index contributed by atoms with van der Waals surface area (Å²) in [5.41, 5.74) is 0. The summed E-state index contributed by atoms with van der Waals surface area (Å²) in [6.07, 6.45) is 6.21. The van der Waals surface area contributed by atoms with Crippen molar-refractivity contribution < 1.29 is 19.2 Å². The molecule has 3 rings (SSSR count). The Hall–Kier alpha value is -1.65. The van der Waals surface area contributed by atoms with E-state index in [1.54, 1.807) is 0 Å². The lowest BCUT2D eigenvalue weighted by Crippen LogP contribution is -2.35. The van der Waals surface area contributed by atoms with E-state index in [1.165, 1.54) is 0 Å². The third-order valence-corrected chi connectivity index (χ3v) is 3.77. The van der Waals surface area contributed by atoms with Crippen LogP contribution in [-0.2, 0) is 19.2 Å². The number of rotatable bonds is 2. The Kier molecular flexibility index (Phi) is 2.28. The molecule has 0 aromatic heterocycles. The molecule has 3 atom stereocenters. The molecule has 5 nitrogen and oxygen atoms in total. The van der Waals surface area contributed by atoms with Gasteiger partial charge in [0.25, 0.3) is 11.8 Å². The van der Waals surface area contributed by atoms with Crippen molar-refractivity contribution in [3.63, 3.8) is 0 Å². The Morgan fingerprint density at radius 1 is 1.18 bits per heavy atom. The second kappa shape index (κ2) is 3.68. The van der Waals surface area contributed by atoms with Crippen molar-refractivity contribution in [1.82, 2.24) is 5.06 Å². The van der Waals surface area contributed by atoms with Gasteiger partial charge in [0.05, 0.1) is 5.92 Å². The van der Waals surface area contributed by atoms with E-state index in [0.717, 1.165) is 12.8 Å². The molecule has 2 amide bonds. The summed E-state index contributed by atoms with van der Waals surface area (Å²) in [5.74, 6) is -0.774. The van der Waals surface area contributed by atoms with Crippen LogP contribution in [0.3, 0.4) is 0 Å². The Morgan fingerprint density at radius 3 is 2.41 bits per heavy atom. The zero-order chi connectivity index (χ0) is 12.0. The van der Waals surface area contributed by atoms with Crippen LogP contribution in [0.1, 0.15) is 25.7 Å². The van der Waals surface area contributed by atoms with E-state index in [2.05, 4.69) is 6.08 Å². The third kappa shape index (κ3) is 1.66. The number of amides is 2. The lowest BCUT2D eigenvalue weighted by atomic mass is 9.94. The van der Waals surface area contributed by atoms with Crippen LogP contribution in [0, 0.1) is 17.8 Å². The highest BCUT2D eigenvalue weighted by molar-refractivity contribution is 6.01. The second-order valence-corrected chi connectivity index (χ2v) is 4.88. The molecule has 0 unspecified atom stereocenters. The van der Waals surface area contributed by atoms with Gasteiger partial charge in [-0.1, -0.05) is 12.2 Å². The van der Waals surface area contributed by atoms with Gasteiger partial charge in [-0.05, 0) is 24.7 Å². The monoisotopic (exact) mass is 235 g/mol. The summed E-state index contributed by atoms with van der Waals surface area (Å²) in [5, 5.41) is 0.637. The summed E-state index contributed by atoms with van der Waals surface area (Å²) in [6.45, 7) is 0. The van der Waals surface area contributed by atoms with E-state index < -0.39 is 17.8 Å². The van der Waals surface area contributed by atoms with Crippen molar-refractivity contribution in [3.05, 3.63) is 12.2 Å². The minimum atomic E-state index is -0.439. The predicted molar refractivity (Wildman–Crippen MR) is 56.0 cm³/mol. The SMILES string of the molecule is O=C(ON1C(=O)CCC1=O)[C@@H]1C[C@H]2C=C[C@H]1C2. The molecule has 1 aliphatic heterocycles. The van der Waals surface area contributed by atoms with Crippen LogP contribution < -0.4 is 0 Å². The molecule has 0 N–H and O–H groups in total. The minimum absolute atomic E-state index is 0.142. The molecule has 2 fully saturated rings. The average Bonchev–Trinajstić information content (AvgIpc) is 2.99. The largest absolute Gasteiger partial charge is 0.336 e. The number of hydrogen-bond acceptors (Lipinski definition) is 4. The maximum Gasteiger partial charge on any atom is 0.336 e. The molecule has 5 heteroatoms. The highest BCUT2D eigenvalue weighted by Gasteiger charge is 2.43. The van der Waals surface area contributed by atoms with Crippen molar-refractivity contribution in [2.75, 3.05) is 0 Å². The molecule has 17 heavy (non-hydrogen) atoms. The van der Waals surface area contributed by atoms with E-state index in [0.29, 0.717) is 11.0 Å². The molecule has 3 aliphatic rings. The number of carbonyl (C=O) groups is 3. The van der Waals surface area contributed by atoms with Crippen LogP contribution in [0.2, 0.25) is 0 Å². The van der Waals surface area contributed by atoms with Crippen molar-refractivity contribution in [2.45, 2.75) is 25.7 Å². The summed E-state index contributed by atoms with van der Waals surface area (Å²) >= 11 is 0. The fraction of sp³-hybridized carbons (Fsp3) is 0.583. The summed E-state index contributed by atoms with van der Waals surface area (Å²) in [7, 11) is 0. The van der Waals surface area contributed by atoms with E-state index in [9.17, 15) is 14.4 Å². The lowest BCUT2D eigenvalue weighted by molar-refractivity contribution is -0.201. The Morgan fingerprint density at radius 2 is 1.88 bits per heavy atom. The Labute approximate surface area is 98.4 Å². The van der Waals surface area contributed by atoms with Crippen LogP contribution in [0.5, 0.6) is 0 Å². The maximum atomic E-state index is 11.9. The molecule has 0 spiro atoms. The normalized spacial score (nSPS) is 34.8. The van der Waals surface area contributed by atoms with Gasteiger partial charge in [-0.2, -0.15) is 0 Å². The zero-order valence-corrected chi connectivity index (χ0v) is 9.30. The van der Waals surface area contributed by atoms with E-state index >= 15 is 0 Å². The minimum Gasteiger partial charge on any atom is -0.330 e. The van der Waals surface area contributed by atoms with Crippen molar-refractivity contribution >= 4 is 17.8 Å². The first kappa shape index (κ1) is 10.5. The van der Waals surface area contributed by atoms with Crippen LogP contribution in [-0.4, -0.2) is 22.8 Å². The molecule has 0 radical (unpaired) electrons. The second-order valence-electron chi connectivity index (χ2n) is 4.88. The fourth-order valence-corrected chi connectivity index (χ4v) is 2.87. The number of hydrogen-bond donors (Lipinski definition) is 0. The molecule has 1 saturated heterocycles. The third-order valence-electron chi connectivity index (χ3n) is 3.77. The highest BCUT2D eigenvalue weighted by Crippen LogP contribution is 2.44.